The molecule has 0 aromatic heterocycles. The first-order valence-electron chi connectivity index (χ1n) is 9.33. The first-order chi connectivity index (χ1) is 14.6. The van der Waals surface area contributed by atoms with Gasteiger partial charge in [0.2, 0.25) is 0 Å². The van der Waals surface area contributed by atoms with Crippen LogP contribution < -0.4 is 5.32 Å². The molecule has 3 aromatic rings. The maximum atomic E-state index is 12.3. The van der Waals surface area contributed by atoms with Gasteiger partial charge in [-0.2, -0.15) is 0 Å². The third kappa shape index (κ3) is 4.85. The Kier molecular flexibility index (Phi) is 5.77. The van der Waals surface area contributed by atoms with Crippen LogP contribution in [0.25, 0.3) is 17.2 Å². The lowest BCUT2D eigenvalue weighted by atomic mass is 10.0. The summed E-state index contributed by atoms with van der Waals surface area (Å²) in [4.78, 5) is 28.1. The van der Waals surface area contributed by atoms with Crippen molar-refractivity contribution in [1.29, 1.82) is 0 Å². The van der Waals surface area contributed by atoms with Crippen LogP contribution in [0.2, 0.25) is 0 Å². The predicted octanol–water partition coefficient (Wildman–Crippen LogP) is 4.87. The van der Waals surface area contributed by atoms with Crippen LogP contribution in [-0.2, 0) is 16.0 Å². The minimum absolute atomic E-state index is 0.0295. The zero-order valence-corrected chi connectivity index (χ0v) is 16.7. The van der Waals surface area contributed by atoms with Crippen LogP contribution >= 0.6 is 11.8 Å². The SMILES string of the molecule is O=C(O)Cc1ccc(N=C2NC(=O)C(=Cc3ccc(-c4ccccc4)cc3)S2)cc1. The van der Waals surface area contributed by atoms with Gasteiger partial charge >= 0.3 is 5.97 Å². The average Bonchev–Trinajstić information content (AvgIpc) is 3.09. The van der Waals surface area contributed by atoms with Crippen molar-refractivity contribution in [2.45, 2.75) is 6.42 Å². The molecule has 0 saturated carbocycles. The Bertz CT molecular complexity index is 1140. The number of carboxylic acids is 1. The van der Waals surface area contributed by atoms with Crippen molar-refractivity contribution in [3.8, 4) is 11.1 Å². The Balaban J connectivity index is 1.47. The summed E-state index contributed by atoms with van der Waals surface area (Å²) in [6, 6.07) is 25.1. The average molecular weight is 414 g/mol. The van der Waals surface area contributed by atoms with Crippen LogP contribution in [0, 0.1) is 0 Å². The molecule has 6 heteroatoms. The molecule has 4 rings (SSSR count). The number of carboxylic acid groups (broad SMARTS) is 1. The van der Waals surface area contributed by atoms with Crippen LogP contribution in [0.15, 0.2) is 88.8 Å². The molecule has 30 heavy (non-hydrogen) atoms. The maximum Gasteiger partial charge on any atom is 0.307 e. The smallest absolute Gasteiger partial charge is 0.307 e. The highest BCUT2D eigenvalue weighted by Gasteiger charge is 2.23. The number of benzene rings is 3. The van der Waals surface area contributed by atoms with E-state index in [2.05, 4.69) is 22.4 Å². The molecule has 2 N–H and O–H groups in total. The number of nitrogens with zero attached hydrogens (tertiary/aromatic N) is 1. The lowest BCUT2D eigenvalue weighted by molar-refractivity contribution is -0.136. The second-order valence-corrected chi connectivity index (χ2v) is 7.74. The second-order valence-electron chi connectivity index (χ2n) is 6.71. The van der Waals surface area contributed by atoms with E-state index >= 15 is 0 Å². The lowest BCUT2D eigenvalue weighted by Gasteiger charge is -2.02. The van der Waals surface area contributed by atoms with Crippen LogP contribution in [0.4, 0.5) is 5.69 Å². The molecule has 1 aliphatic rings. The number of carbonyl (C=O) groups excluding carboxylic acids is 1. The molecular formula is C24H18N2O3S. The summed E-state index contributed by atoms with van der Waals surface area (Å²) >= 11 is 1.28. The Morgan fingerprint density at radius 1 is 0.933 bits per heavy atom. The van der Waals surface area contributed by atoms with Crippen molar-refractivity contribution in [1.82, 2.24) is 5.32 Å². The molecule has 1 heterocycles. The topological polar surface area (TPSA) is 78.8 Å². The number of aliphatic imine (C=N–C) groups is 1. The van der Waals surface area contributed by atoms with Crippen LogP contribution in [-0.4, -0.2) is 22.2 Å². The molecule has 148 valence electrons. The van der Waals surface area contributed by atoms with Crippen molar-refractivity contribution < 1.29 is 14.7 Å². The minimum Gasteiger partial charge on any atom is -0.481 e. The van der Waals surface area contributed by atoms with Gasteiger partial charge in [-0.25, -0.2) is 4.99 Å². The van der Waals surface area contributed by atoms with Gasteiger partial charge in [0.25, 0.3) is 5.91 Å². The van der Waals surface area contributed by atoms with Crippen LogP contribution in [0.1, 0.15) is 11.1 Å². The van der Waals surface area contributed by atoms with Crippen molar-refractivity contribution in [3.63, 3.8) is 0 Å². The van der Waals surface area contributed by atoms with E-state index in [0.29, 0.717) is 21.3 Å². The third-order valence-corrected chi connectivity index (χ3v) is 5.40. The van der Waals surface area contributed by atoms with E-state index in [-0.39, 0.29) is 12.3 Å². The van der Waals surface area contributed by atoms with E-state index in [1.165, 1.54) is 11.8 Å². The highest BCUT2D eigenvalue weighted by Crippen LogP contribution is 2.29. The second kappa shape index (κ2) is 8.80. The van der Waals surface area contributed by atoms with E-state index in [0.717, 1.165) is 16.7 Å². The molecule has 0 unspecified atom stereocenters. The highest BCUT2D eigenvalue weighted by molar-refractivity contribution is 8.18. The number of rotatable bonds is 5. The molecule has 0 aliphatic carbocycles. The summed E-state index contributed by atoms with van der Waals surface area (Å²) in [7, 11) is 0. The van der Waals surface area contributed by atoms with Gasteiger partial charge in [0.15, 0.2) is 5.17 Å². The van der Waals surface area contributed by atoms with Gasteiger partial charge in [0.1, 0.15) is 0 Å². The van der Waals surface area contributed by atoms with Gasteiger partial charge in [0.05, 0.1) is 17.0 Å². The number of amides is 1. The van der Waals surface area contributed by atoms with Crippen LogP contribution in [0.5, 0.6) is 0 Å². The molecule has 5 nitrogen and oxygen atoms in total. The van der Waals surface area contributed by atoms with Gasteiger partial charge < -0.3 is 10.4 Å². The number of hydrogen-bond acceptors (Lipinski definition) is 4. The summed E-state index contributed by atoms with van der Waals surface area (Å²) in [6.07, 6.45) is 1.81. The summed E-state index contributed by atoms with van der Waals surface area (Å²) in [5, 5.41) is 12.1. The number of hydrogen-bond donors (Lipinski definition) is 2. The van der Waals surface area contributed by atoms with Crippen molar-refractivity contribution in [3.05, 3.63) is 94.9 Å². The number of amidine groups is 1. The van der Waals surface area contributed by atoms with Crippen LogP contribution in [0.3, 0.4) is 0 Å². The van der Waals surface area contributed by atoms with Crippen molar-refractivity contribution >= 4 is 40.6 Å². The van der Waals surface area contributed by atoms with Crippen molar-refractivity contribution in [2.24, 2.45) is 4.99 Å². The van der Waals surface area contributed by atoms with E-state index in [1.54, 1.807) is 24.3 Å². The fraction of sp³-hybridized carbons (Fsp3) is 0.0417. The summed E-state index contributed by atoms with van der Waals surface area (Å²) < 4.78 is 0. The monoisotopic (exact) mass is 414 g/mol. The molecule has 1 amide bonds. The van der Waals surface area contributed by atoms with Gasteiger partial charge in [-0.1, -0.05) is 66.7 Å². The van der Waals surface area contributed by atoms with E-state index in [1.807, 2.05) is 48.5 Å². The number of nitrogens with one attached hydrogen (secondary N) is 1. The standard InChI is InChI=1S/C24H18N2O3S/c27-22(28)15-17-8-12-20(13-9-17)25-24-26-23(29)21(30-24)14-16-6-10-19(11-7-16)18-4-2-1-3-5-18/h1-14H,15H2,(H,27,28)(H,25,26,29). The Morgan fingerprint density at radius 2 is 1.60 bits per heavy atom. The highest BCUT2D eigenvalue weighted by atomic mass is 32.2. The first kappa shape index (κ1) is 19.7. The predicted molar refractivity (Wildman–Crippen MR) is 120 cm³/mol. The zero-order valence-electron chi connectivity index (χ0n) is 15.9. The minimum atomic E-state index is -0.876. The summed E-state index contributed by atoms with van der Waals surface area (Å²) in [6.45, 7) is 0. The largest absolute Gasteiger partial charge is 0.481 e. The third-order valence-electron chi connectivity index (χ3n) is 4.49. The van der Waals surface area contributed by atoms with Gasteiger partial charge in [0, 0.05) is 0 Å². The first-order valence-corrected chi connectivity index (χ1v) is 10.1. The molecule has 0 atom stereocenters. The fourth-order valence-electron chi connectivity index (χ4n) is 3.01. The zero-order chi connectivity index (χ0) is 20.9. The molecule has 0 spiro atoms. The van der Waals surface area contributed by atoms with E-state index < -0.39 is 5.97 Å². The van der Waals surface area contributed by atoms with Gasteiger partial charge in [-0.15, -0.1) is 0 Å². The Morgan fingerprint density at radius 3 is 2.27 bits per heavy atom. The molecule has 1 aliphatic heterocycles. The van der Waals surface area contributed by atoms with Crippen molar-refractivity contribution in [2.75, 3.05) is 0 Å². The normalized spacial score (nSPS) is 16.1. The number of carbonyl (C=O) groups is 2. The Labute approximate surface area is 178 Å². The summed E-state index contributed by atoms with van der Waals surface area (Å²) in [5.41, 5.74) is 4.56. The molecular weight excluding hydrogens is 396 g/mol. The lowest BCUT2D eigenvalue weighted by Crippen LogP contribution is -2.19. The molecule has 1 saturated heterocycles. The molecule has 0 bridgehead atoms. The maximum absolute atomic E-state index is 12.3. The fourth-order valence-corrected chi connectivity index (χ4v) is 3.86. The molecule has 0 radical (unpaired) electrons. The molecule has 3 aromatic carbocycles. The van der Waals surface area contributed by atoms with E-state index in [4.69, 9.17) is 5.11 Å². The Hall–Kier alpha value is -3.64. The molecule has 1 fully saturated rings. The number of thioether (sulfide) groups is 1. The van der Waals surface area contributed by atoms with Gasteiger partial charge in [-0.3, -0.25) is 9.59 Å². The van der Waals surface area contributed by atoms with Gasteiger partial charge in [-0.05, 0) is 52.2 Å². The summed E-state index contributed by atoms with van der Waals surface area (Å²) in [5.74, 6) is -1.06. The number of aliphatic carboxylic acids is 1. The van der Waals surface area contributed by atoms with E-state index in [9.17, 15) is 9.59 Å². The quantitative estimate of drug-likeness (QED) is 0.584.